The average Bonchev–Trinajstić information content (AvgIpc) is 2.71. The number of carbonyl (C=O) groups is 1. The van der Waals surface area contributed by atoms with Gasteiger partial charge in [-0.1, -0.05) is 18.2 Å². The van der Waals surface area contributed by atoms with E-state index in [0.29, 0.717) is 6.42 Å². The molecular weight excluding hydrogens is 244 g/mol. The number of nitrogens with two attached hydrogens (primary N) is 1. The summed E-state index contributed by atoms with van der Waals surface area (Å²) in [6, 6.07) is 6.73. The molecule has 1 heterocycles. The van der Waals surface area contributed by atoms with Crippen molar-refractivity contribution >= 4 is 16.9 Å². The minimum absolute atomic E-state index is 0.0157. The molecule has 2 rings (SSSR count). The van der Waals surface area contributed by atoms with Gasteiger partial charge in [0, 0.05) is 29.9 Å². The molecule has 1 unspecified atom stereocenters. The molecular formula is C14H18N2O3. The van der Waals surface area contributed by atoms with Crippen molar-refractivity contribution in [2.24, 2.45) is 5.73 Å². The zero-order valence-electron chi connectivity index (χ0n) is 10.8. The number of aliphatic hydroxyl groups is 1. The summed E-state index contributed by atoms with van der Waals surface area (Å²) < 4.78 is 0. The number of carboxylic acid groups (broad SMARTS) is 1. The van der Waals surface area contributed by atoms with Crippen LogP contribution in [0.15, 0.2) is 30.5 Å². The minimum Gasteiger partial charge on any atom is -0.480 e. The van der Waals surface area contributed by atoms with E-state index in [1.54, 1.807) is 6.92 Å². The van der Waals surface area contributed by atoms with E-state index in [4.69, 9.17) is 10.8 Å². The third-order valence-electron chi connectivity index (χ3n) is 3.22. The topological polar surface area (TPSA) is 99.3 Å². The highest BCUT2D eigenvalue weighted by atomic mass is 16.4. The fourth-order valence-electron chi connectivity index (χ4n) is 2.32. The Bertz CT molecular complexity index is 589. The van der Waals surface area contributed by atoms with Gasteiger partial charge in [0.2, 0.25) is 0 Å². The van der Waals surface area contributed by atoms with Crippen LogP contribution in [0.25, 0.3) is 10.9 Å². The van der Waals surface area contributed by atoms with E-state index in [0.717, 1.165) is 16.5 Å². The second-order valence-corrected chi connectivity index (χ2v) is 5.18. The molecule has 0 amide bonds. The quantitative estimate of drug-likeness (QED) is 0.652. The predicted octanol–water partition coefficient (Wildman–Crippen LogP) is 1.26. The van der Waals surface area contributed by atoms with Gasteiger partial charge in [0.1, 0.15) is 6.04 Å². The molecule has 2 atom stereocenters. The zero-order chi connectivity index (χ0) is 14.0. The summed E-state index contributed by atoms with van der Waals surface area (Å²) in [5, 5.41) is 20.1. The maximum Gasteiger partial charge on any atom is 0.320 e. The van der Waals surface area contributed by atoms with Gasteiger partial charge >= 0.3 is 5.97 Å². The molecule has 19 heavy (non-hydrogen) atoms. The Morgan fingerprint density at radius 2 is 2.16 bits per heavy atom. The summed E-state index contributed by atoms with van der Waals surface area (Å²) in [6.07, 6.45) is 2.21. The van der Waals surface area contributed by atoms with Crippen LogP contribution in [-0.2, 0) is 11.2 Å². The lowest BCUT2D eigenvalue weighted by Gasteiger charge is -2.24. The van der Waals surface area contributed by atoms with Gasteiger partial charge in [-0.25, -0.2) is 0 Å². The molecule has 5 heteroatoms. The highest BCUT2D eigenvalue weighted by Crippen LogP contribution is 2.24. The van der Waals surface area contributed by atoms with E-state index < -0.39 is 17.6 Å². The zero-order valence-corrected chi connectivity index (χ0v) is 10.8. The maximum atomic E-state index is 10.7. The molecule has 102 valence electrons. The van der Waals surface area contributed by atoms with Gasteiger partial charge in [0.15, 0.2) is 0 Å². The lowest BCUT2D eigenvalue weighted by Crippen LogP contribution is -2.40. The Morgan fingerprint density at radius 1 is 1.47 bits per heavy atom. The molecule has 0 saturated heterocycles. The molecule has 5 N–H and O–H groups in total. The van der Waals surface area contributed by atoms with Crippen LogP contribution in [0, 0.1) is 0 Å². The third kappa shape index (κ3) is 3.13. The molecule has 2 aromatic rings. The third-order valence-corrected chi connectivity index (χ3v) is 3.22. The van der Waals surface area contributed by atoms with E-state index in [9.17, 15) is 9.90 Å². The van der Waals surface area contributed by atoms with E-state index >= 15 is 0 Å². The van der Waals surface area contributed by atoms with Gasteiger partial charge in [0.25, 0.3) is 0 Å². The molecule has 1 aromatic heterocycles. The highest BCUT2D eigenvalue weighted by molar-refractivity contribution is 5.83. The van der Waals surface area contributed by atoms with Crippen LogP contribution < -0.4 is 5.73 Å². The van der Waals surface area contributed by atoms with Crippen LogP contribution >= 0.6 is 0 Å². The molecule has 0 aliphatic rings. The van der Waals surface area contributed by atoms with Crippen LogP contribution in [0.5, 0.6) is 0 Å². The van der Waals surface area contributed by atoms with Crippen molar-refractivity contribution in [2.75, 3.05) is 0 Å². The Labute approximate surface area is 111 Å². The van der Waals surface area contributed by atoms with Crippen LogP contribution in [0.2, 0.25) is 0 Å². The number of aromatic nitrogens is 1. The van der Waals surface area contributed by atoms with Gasteiger partial charge in [-0.2, -0.15) is 0 Å². The summed E-state index contributed by atoms with van der Waals surface area (Å²) in [4.78, 5) is 13.9. The second-order valence-electron chi connectivity index (χ2n) is 5.18. The number of fused-ring (bicyclic) bond motifs is 1. The van der Waals surface area contributed by atoms with Crippen LogP contribution in [0.3, 0.4) is 0 Å². The Balaban J connectivity index is 2.17. The normalized spacial score (nSPS) is 16.2. The molecule has 0 aliphatic carbocycles. The van der Waals surface area contributed by atoms with Crippen molar-refractivity contribution in [1.82, 2.24) is 4.98 Å². The summed E-state index contributed by atoms with van der Waals surface area (Å²) in [6.45, 7) is 1.61. The average molecular weight is 262 g/mol. The van der Waals surface area contributed by atoms with Crippen molar-refractivity contribution in [3.8, 4) is 0 Å². The number of hydrogen-bond donors (Lipinski definition) is 4. The fraction of sp³-hybridized carbons (Fsp3) is 0.357. The molecule has 0 fully saturated rings. The standard InChI is InChI=1S/C14H18N2O3/c1-14(19,7-11(15)13(17)18)6-9-8-16-12-5-3-2-4-10(9)12/h2-5,8,11,16,19H,6-7,15H2,1H3,(H,17,18)/t11?,14-/m1/s1. The van der Waals surface area contributed by atoms with Crippen molar-refractivity contribution < 1.29 is 15.0 Å². The largest absolute Gasteiger partial charge is 0.480 e. The first-order valence-corrected chi connectivity index (χ1v) is 6.15. The van der Waals surface area contributed by atoms with E-state index in [-0.39, 0.29) is 6.42 Å². The van der Waals surface area contributed by atoms with Crippen molar-refractivity contribution in [1.29, 1.82) is 0 Å². The number of rotatable bonds is 5. The summed E-state index contributed by atoms with van der Waals surface area (Å²) in [5.41, 5.74) is 6.28. The first-order chi connectivity index (χ1) is 8.89. The van der Waals surface area contributed by atoms with E-state index in [1.807, 2.05) is 30.5 Å². The molecule has 1 aromatic carbocycles. The van der Waals surface area contributed by atoms with Gasteiger partial charge in [-0.3, -0.25) is 4.79 Å². The van der Waals surface area contributed by atoms with E-state index in [1.165, 1.54) is 0 Å². The van der Waals surface area contributed by atoms with Gasteiger partial charge < -0.3 is 20.9 Å². The van der Waals surface area contributed by atoms with E-state index in [2.05, 4.69) is 4.98 Å². The second kappa shape index (κ2) is 5.03. The Kier molecular flexibility index (Phi) is 3.59. The van der Waals surface area contributed by atoms with Crippen molar-refractivity contribution in [2.45, 2.75) is 31.4 Å². The lowest BCUT2D eigenvalue weighted by molar-refractivity contribution is -0.140. The lowest BCUT2D eigenvalue weighted by atomic mass is 9.90. The van der Waals surface area contributed by atoms with Gasteiger partial charge in [0.05, 0.1) is 5.60 Å². The molecule has 5 nitrogen and oxygen atoms in total. The number of aromatic amines is 1. The number of H-pyrrole nitrogens is 1. The number of aliphatic carboxylic acids is 1. The van der Waals surface area contributed by atoms with Crippen LogP contribution in [0.4, 0.5) is 0 Å². The summed E-state index contributed by atoms with van der Waals surface area (Å²) in [5.74, 6) is -1.10. The monoisotopic (exact) mass is 262 g/mol. The van der Waals surface area contributed by atoms with Crippen LogP contribution in [0.1, 0.15) is 18.9 Å². The number of para-hydroxylation sites is 1. The van der Waals surface area contributed by atoms with Crippen LogP contribution in [-0.4, -0.2) is 32.8 Å². The summed E-state index contributed by atoms with van der Waals surface area (Å²) >= 11 is 0. The Morgan fingerprint density at radius 3 is 2.84 bits per heavy atom. The first-order valence-electron chi connectivity index (χ1n) is 6.15. The van der Waals surface area contributed by atoms with Gasteiger partial charge in [-0.15, -0.1) is 0 Å². The number of carboxylic acids is 1. The fourth-order valence-corrected chi connectivity index (χ4v) is 2.32. The molecule has 0 spiro atoms. The smallest absolute Gasteiger partial charge is 0.320 e. The number of benzene rings is 1. The van der Waals surface area contributed by atoms with Gasteiger partial charge in [-0.05, 0) is 18.6 Å². The first kappa shape index (κ1) is 13.6. The molecule has 0 bridgehead atoms. The predicted molar refractivity (Wildman–Crippen MR) is 72.9 cm³/mol. The van der Waals surface area contributed by atoms with Crippen molar-refractivity contribution in [3.05, 3.63) is 36.0 Å². The Hall–Kier alpha value is -1.85. The SMILES string of the molecule is C[C@@](O)(Cc1c[nH]c2ccccc12)CC(N)C(=O)O. The minimum atomic E-state index is -1.15. The summed E-state index contributed by atoms with van der Waals surface area (Å²) in [7, 11) is 0. The molecule has 0 radical (unpaired) electrons. The molecule has 0 aliphatic heterocycles. The number of nitrogens with one attached hydrogen (secondary N) is 1. The molecule has 0 saturated carbocycles. The highest BCUT2D eigenvalue weighted by Gasteiger charge is 2.28. The number of hydrogen-bond acceptors (Lipinski definition) is 3. The maximum absolute atomic E-state index is 10.7. The van der Waals surface area contributed by atoms with Crippen molar-refractivity contribution in [3.63, 3.8) is 0 Å².